The van der Waals surface area contributed by atoms with Crippen LogP contribution in [-0.2, 0) is 16.0 Å². The van der Waals surface area contributed by atoms with E-state index >= 15 is 0 Å². The first-order valence-electron chi connectivity index (χ1n) is 6.36. The summed E-state index contributed by atoms with van der Waals surface area (Å²) in [5.74, 6) is 0.0922. The Labute approximate surface area is 108 Å². The highest BCUT2D eigenvalue weighted by Gasteiger charge is 2.27. The average molecular weight is 248 g/mol. The summed E-state index contributed by atoms with van der Waals surface area (Å²) in [6.07, 6.45) is 1.40. The smallest absolute Gasteiger partial charge is 0.220 e. The molecule has 4 heteroatoms. The lowest BCUT2D eigenvalue weighted by atomic mass is 10.1. The Morgan fingerprint density at radius 1 is 1.39 bits per heavy atom. The van der Waals surface area contributed by atoms with Crippen molar-refractivity contribution in [2.45, 2.75) is 25.0 Å². The van der Waals surface area contributed by atoms with Gasteiger partial charge in [0.25, 0.3) is 0 Å². The van der Waals surface area contributed by atoms with Crippen LogP contribution in [0.2, 0.25) is 0 Å². The predicted octanol–water partition coefficient (Wildman–Crippen LogP) is 0.722. The van der Waals surface area contributed by atoms with E-state index in [9.17, 15) is 4.79 Å². The Balaban J connectivity index is 1.75. The standard InChI is InChI=1S/C14H20N2O2/c1-18-13-10-15-9-12(13)16-14(17)8-7-11-5-3-2-4-6-11/h2-6,12-13,15H,7-10H2,1H3,(H,16,17)/t12?,13-/m1/s1. The summed E-state index contributed by atoms with van der Waals surface area (Å²) < 4.78 is 5.31. The molecule has 1 aliphatic heterocycles. The van der Waals surface area contributed by atoms with Gasteiger partial charge in [0.2, 0.25) is 5.91 Å². The van der Waals surface area contributed by atoms with Crippen molar-refractivity contribution in [3.63, 3.8) is 0 Å². The lowest BCUT2D eigenvalue weighted by molar-refractivity contribution is -0.122. The maximum atomic E-state index is 11.8. The van der Waals surface area contributed by atoms with Crippen LogP contribution in [0.1, 0.15) is 12.0 Å². The zero-order valence-corrected chi connectivity index (χ0v) is 10.7. The van der Waals surface area contributed by atoms with Crippen molar-refractivity contribution in [1.82, 2.24) is 10.6 Å². The van der Waals surface area contributed by atoms with Gasteiger partial charge >= 0.3 is 0 Å². The van der Waals surface area contributed by atoms with Crippen LogP contribution in [0.4, 0.5) is 0 Å². The van der Waals surface area contributed by atoms with Crippen LogP contribution in [0.25, 0.3) is 0 Å². The summed E-state index contributed by atoms with van der Waals surface area (Å²) >= 11 is 0. The molecule has 1 fully saturated rings. The second kappa shape index (κ2) is 6.52. The Bertz CT molecular complexity index is 381. The van der Waals surface area contributed by atoms with E-state index in [2.05, 4.69) is 10.6 Å². The molecule has 1 saturated heterocycles. The summed E-state index contributed by atoms with van der Waals surface area (Å²) in [6, 6.07) is 10.2. The van der Waals surface area contributed by atoms with Gasteiger partial charge in [0.05, 0.1) is 12.1 Å². The third-order valence-corrected chi connectivity index (χ3v) is 3.29. The number of hydrogen-bond donors (Lipinski definition) is 2. The summed E-state index contributed by atoms with van der Waals surface area (Å²) in [4.78, 5) is 11.8. The first-order valence-corrected chi connectivity index (χ1v) is 6.36. The summed E-state index contributed by atoms with van der Waals surface area (Å²) in [5.41, 5.74) is 1.19. The largest absolute Gasteiger partial charge is 0.378 e. The van der Waals surface area contributed by atoms with Crippen molar-refractivity contribution < 1.29 is 9.53 Å². The van der Waals surface area contributed by atoms with Gasteiger partial charge in [0.15, 0.2) is 0 Å². The van der Waals surface area contributed by atoms with E-state index in [0.29, 0.717) is 6.42 Å². The Morgan fingerprint density at radius 2 is 2.17 bits per heavy atom. The third-order valence-electron chi connectivity index (χ3n) is 3.29. The minimum absolute atomic E-state index is 0.0886. The molecule has 4 nitrogen and oxygen atoms in total. The van der Waals surface area contributed by atoms with Crippen molar-refractivity contribution >= 4 is 5.91 Å². The Hall–Kier alpha value is -1.39. The molecule has 0 aliphatic carbocycles. The van der Waals surface area contributed by atoms with Crippen LogP contribution >= 0.6 is 0 Å². The zero-order valence-electron chi connectivity index (χ0n) is 10.7. The van der Waals surface area contributed by atoms with Crippen LogP contribution in [0, 0.1) is 0 Å². The van der Waals surface area contributed by atoms with Crippen LogP contribution in [0.5, 0.6) is 0 Å². The quantitative estimate of drug-likeness (QED) is 0.807. The second-order valence-corrected chi connectivity index (χ2v) is 4.59. The molecule has 1 heterocycles. The number of rotatable bonds is 5. The van der Waals surface area contributed by atoms with Gasteiger partial charge < -0.3 is 15.4 Å². The van der Waals surface area contributed by atoms with E-state index in [1.165, 1.54) is 5.56 Å². The van der Waals surface area contributed by atoms with Gasteiger partial charge in [-0.15, -0.1) is 0 Å². The van der Waals surface area contributed by atoms with Crippen molar-refractivity contribution in [3.05, 3.63) is 35.9 Å². The SMILES string of the molecule is CO[C@@H]1CNCC1NC(=O)CCc1ccccc1. The van der Waals surface area contributed by atoms with E-state index in [0.717, 1.165) is 19.5 Å². The average Bonchev–Trinajstić information content (AvgIpc) is 2.85. The van der Waals surface area contributed by atoms with Gasteiger partial charge in [-0.2, -0.15) is 0 Å². The fraction of sp³-hybridized carbons (Fsp3) is 0.500. The van der Waals surface area contributed by atoms with Crippen LogP contribution in [-0.4, -0.2) is 38.3 Å². The number of ether oxygens (including phenoxy) is 1. The molecular weight excluding hydrogens is 228 g/mol. The van der Waals surface area contributed by atoms with Gasteiger partial charge in [0.1, 0.15) is 0 Å². The van der Waals surface area contributed by atoms with Crippen LogP contribution in [0.3, 0.4) is 0 Å². The van der Waals surface area contributed by atoms with E-state index in [1.807, 2.05) is 30.3 Å². The molecule has 1 aliphatic rings. The number of nitrogens with one attached hydrogen (secondary N) is 2. The maximum Gasteiger partial charge on any atom is 0.220 e. The number of carbonyl (C=O) groups is 1. The van der Waals surface area contributed by atoms with E-state index in [-0.39, 0.29) is 18.1 Å². The second-order valence-electron chi connectivity index (χ2n) is 4.59. The molecule has 1 amide bonds. The molecule has 1 aromatic rings. The number of aryl methyl sites for hydroxylation is 1. The van der Waals surface area contributed by atoms with Gasteiger partial charge in [-0.05, 0) is 12.0 Å². The van der Waals surface area contributed by atoms with Crippen molar-refractivity contribution in [2.75, 3.05) is 20.2 Å². The Morgan fingerprint density at radius 3 is 2.89 bits per heavy atom. The number of benzene rings is 1. The third kappa shape index (κ3) is 3.55. The van der Waals surface area contributed by atoms with Gasteiger partial charge in [0, 0.05) is 26.6 Å². The lowest BCUT2D eigenvalue weighted by Crippen LogP contribution is -2.43. The van der Waals surface area contributed by atoms with Gasteiger partial charge in [-0.1, -0.05) is 30.3 Å². The molecule has 2 N–H and O–H groups in total. The predicted molar refractivity (Wildman–Crippen MR) is 70.4 cm³/mol. The first kappa shape index (κ1) is 13.1. The molecule has 0 bridgehead atoms. The molecule has 2 rings (SSSR count). The fourth-order valence-corrected chi connectivity index (χ4v) is 2.23. The number of carbonyl (C=O) groups excluding carboxylic acids is 1. The molecule has 0 aromatic heterocycles. The van der Waals surface area contributed by atoms with Gasteiger partial charge in [-0.25, -0.2) is 0 Å². The molecule has 0 radical (unpaired) electrons. The molecule has 2 atom stereocenters. The highest BCUT2D eigenvalue weighted by molar-refractivity contribution is 5.76. The lowest BCUT2D eigenvalue weighted by Gasteiger charge is -2.18. The summed E-state index contributed by atoms with van der Waals surface area (Å²) in [6.45, 7) is 1.59. The van der Waals surface area contributed by atoms with E-state index in [1.54, 1.807) is 7.11 Å². The molecule has 98 valence electrons. The number of amides is 1. The van der Waals surface area contributed by atoms with Crippen LogP contribution < -0.4 is 10.6 Å². The van der Waals surface area contributed by atoms with Gasteiger partial charge in [-0.3, -0.25) is 4.79 Å². The topological polar surface area (TPSA) is 50.4 Å². The van der Waals surface area contributed by atoms with Crippen LogP contribution in [0.15, 0.2) is 30.3 Å². The van der Waals surface area contributed by atoms with Crippen molar-refractivity contribution in [1.29, 1.82) is 0 Å². The van der Waals surface area contributed by atoms with Crippen molar-refractivity contribution in [3.8, 4) is 0 Å². The minimum atomic E-state index is 0.0886. The van der Waals surface area contributed by atoms with E-state index in [4.69, 9.17) is 4.74 Å². The van der Waals surface area contributed by atoms with Crippen molar-refractivity contribution in [2.24, 2.45) is 0 Å². The highest BCUT2D eigenvalue weighted by Crippen LogP contribution is 2.06. The normalized spacial score (nSPS) is 22.9. The summed E-state index contributed by atoms with van der Waals surface area (Å²) in [5, 5.41) is 6.24. The molecule has 1 unspecified atom stereocenters. The molecule has 0 saturated carbocycles. The molecule has 0 spiro atoms. The first-order chi connectivity index (χ1) is 8.79. The molecular formula is C14H20N2O2. The molecule has 1 aromatic carbocycles. The summed E-state index contributed by atoms with van der Waals surface area (Å²) in [7, 11) is 1.68. The fourth-order valence-electron chi connectivity index (χ4n) is 2.23. The highest BCUT2D eigenvalue weighted by atomic mass is 16.5. The Kier molecular flexibility index (Phi) is 4.73. The van der Waals surface area contributed by atoms with E-state index < -0.39 is 0 Å². The maximum absolute atomic E-state index is 11.8. The zero-order chi connectivity index (χ0) is 12.8. The monoisotopic (exact) mass is 248 g/mol. The number of methoxy groups -OCH3 is 1. The molecule has 18 heavy (non-hydrogen) atoms. The number of hydrogen-bond acceptors (Lipinski definition) is 3. The minimum Gasteiger partial charge on any atom is -0.378 e.